The van der Waals surface area contributed by atoms with E-state index in [1.54, 1.807) is 12.3 Å². The minimum absolute atomic E-state index is 0.340. The van der Waals surface area contributed by atoms with E-state index in [-0.39, 0.29) is 0 Å². The molecule has 2 aromatic rings. The van der Waals surface area contributed by atoms with Crippen LogP contribution in [-0.2, 0) is 12.8 Å². The van der Waals surface area contributed by atoms with E-state index in [0.29, 0.717) is 17.8 Å². The van der Waals surface area contributed by atoms with Crippen molar-refractivity contribution in [2.75, 3.05) is 0 Å². The van der Waals surface area contributed by atoms with Gasteiger partial charge in [0.1, 0.15) is 11.5 Å². The second-order valence-electron chi connectivity index (χ2n) is 5.29. The number of rotatable bonds is 4. The number of hydrogen-bond donors (Lipinski definition) is 2. The molecule has 1 heterocycles. The molecule has 19 heavy (non-hydrogen) atoms. The van der Waals surface area contributed by atoms with Gasteiger partial charge in [-0.3, -0.25) is 0 Å². The summed E-state index contributed by atoms with van der Waals surface area (Å²) in [6.07, 6.45) is 4.60. The van der Waals surface area contributed by atoms with Gasteiger partial charge in [0, 0.05) is 18.5 Å². The lowest BCUT2D eigenvalue weighted by molar-refractivity contribution is 0.415. The number of hydrogen-bond acceptors (Lipinski definition) is 3. The summed E-state index contributed by atoms with van der Waals surface area (Å²) in [4.78, 5) is 0. The summed E-state index contributed by atoms with van der Waals surface area (Å²) in [5, 5.41) is 13.5. The molecule has 0 amide bonds. The highest BCUT2D eigenvalue weighted by Gasteiger charge is 2.25. The highest BCUT2D eigenvalue weighted by Crippen LogP contribution is 2.36. The monoisotopic (exact) mass is 257 g/mol. The summed E-state index contributed by atoms with van der Waals surface area (Å²) in [5.41, 5.74) is 2.34. The van der Waals surface area contributed by atoms with Crippen LogP contribution in [0.2, 0.25) is 0 Å². The van der Waals surface area contributed by atoms with Crippen LogP contribution in [0.25, 0.3) is 0 Å². The van der Waals surface area contributed by atoms with E-state index in [0.717, 1.165) is 30.6 Å². The first-order valence-electron chi connectivity index (χ1n) is 6.83. The normalized spacial score (nSPS) is 19.3. The number of benzene rings is 1. The molecule has 0 spiro atoms. The number of furan rings is 1. The summed E-state index contributed by atoms with van der Waals surface area (Å²) in [6, 6.07) is 10.4. The standard InChI is InChI=1S/C16H19NO2/c1-11(10-12-4-3-9-19-12)17-15-8-7-14-13(15)5-2-6-16(14)18/h2-6,9,11,15,17-18H,7-8,10H2,1H3. The van der Waals surface area contributed by atoms with E-state index < -0.39 is 0 Å². The molecule has 1 aromatic heterocycles. The molecule has 2 N–H and O–H groups in total. The summed E-state index contributed by atoms with van der Waals surface area (Å²) >= 11 is 0. The average Bonchev–Trinajstić information content (AvgIpc) is 3.01. The lowest BCUT2D eigenvalue weighted by atomic mass is 10.1. The first-order valence-corrected chi connectivity index (χ1v) is 6.83. The highest BCUT2D eigenvalue weighted by molar-refractivity contribution is 5.44. The Kier molecular flexibility index (Phi) is 3.30. The zero-order chi connectivity index (χ0) is 13.2. The Morgan fingerprint density at radius 3 is 3.05 bits per heavy atom. The Morgan fingerprint density at radius 1 is 1.37 bits per heavy atom. The summed E-state index contributed by atoms with van der Waals surface area (Å²) in [6.45, 7) is 2.17. The van der Waals surface area contributed by atoms with Gasteiger partial charge in [0.15, 0.2) is 0 Å². The zero-order valence-electron chi connectivity index (χ0n) is 11.1. The maximum absolute atomic E-state index is 9.85. The molecular weight excluding hydrogens is 238 g/mol. The van der Waals surface area contributed by atoms with Crippen molar-refractivity contribution in [1.82, 2.24) is 5.32 Å². The van der Waals surface area contributed by atoms with Crippen LogP contribution < -0.4 is 5.32 Å². The van der Waals surface area contributed by atoms with Gasteiger partial charge >= 0.3 is 0 Å². The van der Waals surface area contributed by atoms with Crippen molar-refractivity contribution < 1.29 is 9.52 Å². The van der Waals surface area contributed by atoms with E-state index >= 15 is 0 Å². The molecule has 1 aromatic carbocycles. The van der Waals surface area contributed by atoms with Gasteiger partial charge in [0.2, 0.25) is 0 Å². The van der Waals surface area contributed by atoms with Crippen molar-refractivity contribution in [3.8, 4) is 5.75 Å². The van der Waals surface area contributed by atoms with Crippen molar-refractivity contribution in [3.63, 3.8) is 0 Å². The van der Waals surface area contributed by atoms with Crippen LogP contribution in [0.4, 0.5) is 0 Å². The second-order valence-corrected chi connectivity index (χ2v) is 5.29. The third-order valence-corrected chi connectivity index (χ3v) is 3.82. The largest absolute Gasteiger partial charge is 0.508 e. The molecule has 2 unspecified atom stereocenters. The third kappa shape index (κ3) is 2.51. The molecule has 0 fully saturated rings. The van der Waals surface area contributed by atoms with E-state index in [9.17, 15) is 5.11 Å². The molecular formula is C16H19NO2. The lowest BCUT2D eigenvalue weighted by Crippen LogP contribution is -2.31. The molecule has 1 aliphatic carbocycles. The van der Waals surface area contributed by atoms with Crippen LogP contribution >= 0.6 is 0 Å². The minimum atomic E-state index is 0.340. The van der Waals surface area contributed by atoms with E-state index in [4.69, 9.17) is 4.42 Å². The highest BCUT2D eigenvalue weighted by atomic mass is 16.3. The van der Waals surface area contributed by atoms with Crippen LogP contribution in [0.5, 0.6) is 5.75 Å². The first-order chi connectivity index (χ1) is 9.24. The lowest BCUT2D eigenvalue weighted by Gasteiger charge is -2.19. The minimum Gasteiger partial charge on any atom is -0.508 e. The fourth-order valence-corrected chi connectivity index (χ4v) is 2.94. The van der Waals surface area contributed by atoms with Gasteiger partial charge in [0.25, 0.3) is 0 Å². The maximum atomic E-state index is 9.85. The van der Waals surface area contributed by atoms with Crippen molar-refractivity contribution in [1.29, 1.82) is 0 Å². The van der Waals surface area contributed by atoms with Gasteiger partial charge in [0.05, 0.1) is 6.26 Å². The Bertz CT molecular complexity index is 548. The van der Waals surface area contributed by atoms with Gasteiger partial charge in [-0.15, -0.1) is 0 Å². The van der Waals surface area contributed by atoms with Gasteiger partial charge in [-0.1, -0.05) is 12.1 Å². The van der Waals surface area contributed by atoms with Gasteiger partial charge < -0.3 is 14.8 Å². The number of nitrogens with one attached hydrogen (secondary N) is 1. The molecule has 3 rings (SSSR count). The summed E-state index contributed by atoms with van der Waals surface area (Å²) in [7, 11) is 0. The van der Waals surface area contributed by atoms with Crippen LogP contribution in [0.3, 0.4) is 0 Å². The number of phenolic OH excluding ortho intramolecular Hbond substituents is 1. The van der Waals surface area contributed by atoms with Gasteiger partial charge in [-0.25, -0.2) is 0 Å². The fraction of sp³-hybridized carbons (Fsp3) is 0.375. The molecule has 2 atom stereocenters. The molecule has 3 heteroatoms. The molecule has 1 aliphatic rings. The Labute approximate surface area is 113 Å². The van der Waals surface area contributed by atoms with Crippen LogP contribution in [0.1, 0.15) is 36.3 Å². The Morgan fingerprint density at radius 2 is 2.26 bits per heavy atom. The maximum Gasteiger partial charge on any atom is 0.119 e. The number of phenols is 1. The van der Waals surface area contributed by atoms with Crippen LogP contribution in [0, 0.1) is 0 Å². The van der Waals surface area contributed by atoms with Gasteiger partial charge in [-0.2, -0.15) is 0 Å². The molecule has 0 saturated heterocycles. The van der Waals surface area contributed by atoms with Crippen LogP contribution in [0.15, 0.2) is 41.0 Å². The predicted molar refractivity (Wildman–Crippen MR) is 74.2 cm³/mol. The topological polar surface area (TPSA) is 45.4 Å². The molecule has 0 aliphatic heterocycles. The number of fused-ring (bicyclic) bond motifs is 1. The summed E-state index contributed by atoms with van der Waals surface area (Å²) < 4.78 is 5.38. The fourth-order valence-electron chi connectivity index (χ4n) is 2.94. The molecule has 0 bridgehead atoms. The predicted octanol–water partition coefficient (Wildman–Crippen LogP) is 3.19. The average molecular weight is 257 g/mol. The Hall–Kier alpha value is -1.74. The van der Waals surface area contributed by atoms with Crippen molar-refractivity contribution >= 4 is 0 Å². The number of aromatic hydroxyl groups is 1. The van der Waals surface area contributed by atoms with Crippen molar-refractivity contribution in [2.45, 2.75) is 38.3 Å². The van der Waals surface area contributed by atoms with Crippen molar-refractivity contribution in [2.24, 2.45) is 0 Å². The Balaban J connectivity index is 1.68. The molecule has 0 radical (unpaired) electrons. The smallest absolute Gasteiger partial charge is 0.119 e. The summed E-state index contributed by atoms with van der Waals surface area (Å²) in [5.74, 6) is 1.44. The van der Waals surface area contributed by atoms with E-state index in [1.807, 2.05) is 18.2 Å². The molecule has 100 valence electrons. The molecule has 0 saturated carbocycles. The van der Waals surface area contributed by atoms with Crippen molar-refractivity contribution in [3.05, 3.63) is 53.5 Å². The van der Waals surface area contributed by atoms with Gasteiger partial charge in [-0.05, 0) is 49.1 Å². The third-order valence-electron chi connectivity index (χ3n) is 3.82. The van der Waals surface area contributed by atoms with E-state index in [2.05, 4.69) is 18.3 Å². The first kappa shape index (κ1) is 12.3. The zero-order valence-corrected chi connectivity index (χ0v) is 11.1. The quantitative estimate of drug-likeness (QED) is 0.884. The van der Waals surface area contributed by atoms with Crippen LogP contribution in [-0.4, -0.2) is 11.1 Å². The SMILES string of the molecule is CC(Cc1ccco1)NC1CCc2c(O)cccc21. The molecule has 3 nitrogen and oxygen atoms in total. The van der Waals surface area contributed by atoms with E-state index in [1.165, 1.54) is 5.56 Å². The second kappa shape index (κ2) is 5.10.